The van der Waals surface area contributed by atoms with Crippen LogP contribution in [0.1, 0.15) is 18.2 Å². The Balaban J connectivity index is 1.85. The van der Waals surface area contributed by atoms with Crippen molar-refractivity contribution in [3.05, 3.63) is 57.9 Å². The molecule has 3 rings (SSSR count). The van der Waals surface area contributed by atoms with Crippen LogP contribution < -0.4 is 0 Å². The minimum atomic E-state index is -0.952. The van der Waals surface area contributed by atoms with Gasteiger partial charge in [0.1, 0.15) is 0 Å². The molecule has 1 heterocycles. The summed E-state index contributed by atoms with van der Waals surface area (Å²) in [5.41, 5.74) is 0.823. The number of allylic oxidation sites excluding steroid dienone is 2. The number of aromatic nitrogens is 2. The summed E-state index contributed by atoms with van der Waals surface area (Å²) >= 11 is 12.1. The van der Waals surface area contributed by atoms with E-state index in [0.29, 0.717) is 27.9 Å². The average molecular weight is 337 g/mol. The van der Waals surface area contributed by atoms with E-state index < -0.39 is 5.97 Å². The first-order valence-electron chi connectivity index (χ1n) is 6.45. The van der Waals surface area contributed by atoms with E-state index in [9.17, 15) is 4.79 Å². The molecule has 0 aliphatic heterocycles. The molecule has 1 N–H and O–H groups in total. The van der Waals surface area contributed by atoms with Gasteiger partial charge in [-0.3, -0.25) is 0 Å². The predicted molar refractivity (Wildman–Crippen MR) is 82.0 cm³/mol. The molecule has 7 heteroatoms. The Hall–Kier alpha value is -2.11. The number of nitrogens with zero attached hydrogens (tertiary/aromatic N) is 2. The monoisotopic (exact) mass is 336 g/mol. The minimum Gasteiger partial charge on any atom is -0.478 e. The summed E-state index contributed by atoms with van der Waals surface area (Å²) < 4.78 is 5.65. The number of halogens is 2. The quantitative estimate of drug-likeness (QED) is 0.913. The third-order valence-corrected chi connectivity index (χ3v) is 4.11. The number of hydrogen-bond acceptors (Lipinski definition) is 4. The van der Waals surface area contributed by atoms with Crippen molar-refractivity contribution in [3.8, 4) is 11.5 Å². The maximum absolute atomic E-state index is 10.9. The number of carboxylic acids is 1. The summed E-state index contributed by atoms with van der Waals surface area (Å²) in [7, 11) is 0. The Kier molecular flexibility index (Phi) is 4.00. The van der Waals surface area contributed by atoms with Crippen molar-refractivity contribution < 1.29 is 14.3 Å². The molecule has 1 aromatic carbocycles. The molecule has 0 bridgehead atoms. The second-order valence-corrected chi connectivity index (χ2v) is 5.50. The first-order chi connectivity index (χ1) is 10.6. The first-order valence-corrected chi connectivity index (χ1v) is 7.21. The lowest BCUT2D eigenvalue weighted by molar-refractivity contribution is -0.132. The molecule has 1 atom stereocenters. The smallest absolute Gasteiger partial charge is 0.335 e. The molecule has 1 unspecified atom stereocenters. The Morgan fingerprint density at radius 1 is 1.32 bits per heavy atom. The molecule has 1 aliphatic carbocycles. The van der Waals surface area contributed by atoms with Crippen LogP contribution in [0.4, 0.5) is 0 Å². The molecule has 1 aromatic heterocycles. The second kappa shape index (κ2) is 5.94. The lowest BCUT2D eigenvalue weighted by Crippen LogP contribution is -2.05. The third-order valence-electron chi connectivity index (χ3n) is 3.29. The number of aliphatic carboxylic acids is 1. The van der Waals surface area contributed by atoms with Gasteiger partial charge in [-0.05, 0) is 18.6 Å². The molecular formula is C15H10Cl2N2O3. The summed E-state index contributed by atoms with van der Waals surface area (Å²) in [6, 6.07) is 5.16. The molecule has 1 aliphatic rings. The predicted octanol–water partition coefficient (Wildman–Crippen LogP) is 4.10. The van der Waals surface area contributed by atoms with E-state index in [4.69, 9.17) is 32.7 Å². The van der Waals surface area contributed by atoms with Gasteiger partial charge in [0.05, 0.1) is 27.1 Å². The SMILES string of the molecule is O=C(O)C1=CCC(c2nnc(-c3cccc(Cl)c3Cl)o2)C=C1. The minimum absolute atomic E-state index is 0.151. The van der Waals surface area contributed by atoms with Crippen LogP contribution in [0.25, 0.3) is 11.5 Å². The zero-order valence-corrected chi connectivity index (χ0v) is 12.7. The van der Waals surface area contributed by atoms with Gasteiger partial charge in [-0.2, -0.15) is 0 Å². The number of benzene rings is 1. The fraction of sp³-hybridized carbons (Fsp3) is 0.133. The molecular weight excluding hydrogens is 327 g/mol. The van der Waals surface area contributed by atoms with E-state index in [0.717, 1.165) is 0 Å². The summed E-state index contributed by atoms with van der Waals surface area (Å²) in [4.78, 5) is 10.9. The van der Waals surface area contributed by atoms with Crippen molar-refractivity contribution in [2.45, 2.75) is 12.3 Å². The average Bonchev–Trinajstić information content (AvgIpc) is 3.00. The molecule has 112 valence electrons. The molecule has 2 aromatic rings. The van der Waals surface area contributed by atoms with Crippen LogP contribution in [0.15, 0.2) is 46.4 Å². The lowest BCUT2D eigenvalue weighted by atomic mass is 9.97. The van der Waals surface area contributed by atoms with E-state index in [1.54, 1.807) is 30.4 Å². The number of carboxylic acid groups (broad SMARTS) is 1. The van der Waals surface area contributed by atoms with Crippen LogP contribution in [0.2, 0.25) is 10.0 Å². The van der Waals surface area contributed by atoms with Crippen LogP contribution in [-0.2, 0) is 4.79 Å². The molecule has 0 spiro atoms. The van der Waals surface area contributed by atoms with Gasteiger partial charge in [0.2, 0.25) is 11.8 Å². The van der Waals surface area contributed by atoms with E-state index in [-0.39, 0.29) is 17.4 Å². The highest BCUT2D eigenvalue weighted by Crippen LogP contribution is 2.34. The zero-order chi connectivity index (χ0) is 15.7. The molecule has 5 nitrogen and oxygen atoms in total. The molecule has 0 radical (unpaired) electrons. The highest BCUT2D eigenvalue weighted by atomic mass is 35.5. The van der Waals surface area contributed by atoms with Crippen molar-refractivity contribution in [3.63, 3.8) is 0 Å². The van der Waals surface area contributed by atoms with Crippen molar-refractivity contribution in [1.29, 1.82) is 0 Å². The van der Waals surface area contributed by atoms with Crippen LogP contribution in [0.3, 0.4) is 0 Å². The van der Waals surface area contributed by atoms with Crippen molar-refractivity contribution in [2.24, 2.45) is 0 Å². The second-order valence-electron chi connectivity index (χ2n) is 4.71. The lowest BCUT2D eigenvalue weighted by Gasteiger charge is -2.10. The number of hydrogen-bond donors (Lipinski definition) is 1. The molecule has 0 saturated heterocycles. The highest BCUT2D eigenvalue weighted by molar-refractivity contribution is 6.43. The molecule has 22 heavy (non-hydrogen) atoms. The third kappa shape index (κ3) is 2.77. The van der Waals surface area contributed by atoms with E-state index >= 15 is 0 Å². The van der Waals surface area contributed by atoms with E-state index in [1.807, 2.05) is 0 Å². The molecule has 0 amide bonds. The number of rotatable bonds is 3. The molecule has 0 fully saturated rings. The maximum Gasteiger partial charge on any atom is 0.335 e. The van der Waals surface area contributed by atoms with Gasteiger partial charge in [-0.15, -0.1) is 10.2 Å². The Morgan fingerprint density at radius 3 is 2.82 bits per heavy atom. The standard InChI is InChI=1S/C15H10Cl2N2O3/c16-11-3-1-2-10(12(11)17)14-19-18-13(22-14)8-4-6-9(7-5-8)15(20)21/h1-4,6-8H,5H2,(H,20,21). The van der Waals surface area contributed by atoms with Gasteiger partial charge < -0.3 is 9.52 Å². The van der Waals surface area contributed by atoms with E-state index in [2.05, 4.69) is 10.2 Å². The van der Waals surface area contributed by atoms with Gasteiger partial charge in [-0.25, -0.2) is 4.79 Å². The van der Waals surface area contributed by atoms with E-state index in [1.165, 1.54) is 6.08 Å². The largest absolute Gasteiger partial charge is 0.478 e. The van der Waals surface area contributed by atoms with Crippen LogP contribution in [0.5, 0.6) is 0 Å². The van der Waals surface area contributed by atoms with Gasteiger partial charge in [0.15, 0.2) is 0 Å². The number of carbonyl (C=O) groups is 1. The van der Waals surface area contributed by atoms with Crippen LogP contribution in [-0.4, -0.2) is 21.3 Å². The van der Waals surface area contributed by atoms with Gasteiger partial charge in [0, 0.05) is 0 Å². The fourth-order valence-corrected chi connectivity index (χ4v) is 2.51. The summed E-state index contributed by atoms with van der Waals surface area (Å²) in [6.07, 6.45) is 5.39. The van der Waals surface area contributed by atoms with Gasteiger partial charge in [-0.1, -0.05) is 47.5 Å². The Labute approximate surface area is 135 Å². The van der Waals surface area contributed by atoms with Crippen molar-refractivity contribution >= 4 is 29.2 Å². The Morgan fingerprint density at radius 2 is 2.14 bits per heavy atom. The molecule has 0 saturated carbocycles. The van der Waals surface area contributed by atoms with Crippen LogP contribution in [0, 0.1) is 0 Å². The fourth-order valence-electron chi connectivity index (χ4n) is 2.12. The van der Waals surface area contributed by atoms with Gasteiger partial charge >= 0.3 is 5.97 Å². The van der Waals surface area contributed by atoms with Crippen molar-refractivity contribution in [1.82, 2.24) is 10.2 Å². The Bertz CT molecular complexity index is 796. The highest BCUT2D eigenvalue weighted by Gasteiger charge is 2.21. The first kappa shape index (κ1) is 14.8. The topological polar surface area (TPSA) is 76.2 Å². The summed E-state index contributed by atoms with van der Waals surface area (Å²) in [6.45, 7) is 0. The van der Waals surface area contributed by atoms with Gasteiger partial charge in [0.25, 0.3) is 0 Å². The maximum atomic E-state index is 10.9. The van der Waals surface area contributed by atoms with Crippen LogP contribution >= 0.6 is 23.2 Å². The zero-order valence-electron chi connectivity index (χ0n) is 11.2. The summed E-state index contributed by atoms with van der Waals surface area (Å²) in [5.74, 6) is -0.416. The normalized spacial score (nSPS) is 17.4. The van der Waals surface area contributed by atoms with Crippen molar-refractivity contribution in [2.75, 3.05) is 0 Å². The summed E-state index contributed by atoms with van der Waals surface area (Å²) in [5, 5.41) is 17.7.